The van der Waals surface area contributed by atoms with Crippen molar-refractivity contribution in [1.29, 1.82) is 0 Å². The van der Waals surface area contributed by atoms with Crippen molar-refractivity contribution in [1.82, 2.24) is 15.1 Å². The van der Waals surface area contributed by atoms with E-state index in [1.165, 1.54) is 18.5 Å². The molecule has 0 saturated carbocycles. The van der Waals surface area contributed by atoms with E-state index < -0.39 is 5.97 Å². The van der Waals surface area contributed by atoms with Crippen LogP contribution in [-0.4, -0.2) is 32.7 Å². The molecule has 0 aliphatic carbocycles. The molecular formula is C12H10N4O4. The molecule has 0 fully saturated rings. The molecule has 0 aliphatic rings. The van der Waals surface area contributed by atoms with Crippen molar-refractivity contribution in [2.24, 2.45) is 0 Å². The molecule has 20 heavy (non-hydrogen) atoms. The van der Waals surface area contributed by atoms with Gasteiger partial charge < -0.3 is 19.4 Å². The molecular weight excluding hydrogens is 264 g/mol. The molecule has 8 nitrogen and oxygen atoms in total. The Morgan fingerprint density at radius 2 is 2.30 bits per heavy atom. The number of nitrogens with zero attached hydrogens (tertiary/aromatic N) is 3. The monoisotopic (exact) mass is 274 g/mol. The van der Waals surface area contributed by atoms with E-state index in [0.29, 0.717) is 36.0 Å². The number of benzene rings is 1. The number of carbonyl (C=O) groups is 1. The van der Waals surface area contributed by atoms with E-state index in [-0.39, 0.29) is 5.56 Å². The highest BCUT2D eigenvalue weighted by Gasteiger charge is 2.09. The molecule has 2 aromatic heterocycles. The summed E-state index contributed by atoms with van der Waals surface area (Å²) < 4.78 is 10.3. The second-order valence-corrected chi connectivity index (χ2v) is 4.02. The van der Waals surface area contributed by atoms with Crippen LogP contribution in [0.15, 0.2) is 33.5 Å². The fourth-order valence-electron chi connectivity index (χ4n) is 1.72. The van der Waals surface area contributed by atoms with Gasteiger partial charge in [-0.1, -0.05) is 5.16 Å². The Morgan fingerprint density at radius 3 is 3.05 bits per heavy atom. The first-order valence-corrected chi connectivity index (χ1v) is 5.86. The van der Waals surface area contributed by atoms with Crippen molar-refractivity contribution < 1.29 is 18.8 Å². The maximum absolute atomic E-state index is 10.9. The van der Waals surface area contributed by atoms with E-state index in [0.717, 1.165) is 0 Å². The maximum atomic E-state index is 10.9. The standard InChI is InChI=1S/C12H10N4O4/c17-11(18)7-1-2-8-9(5-7)19-12(16-8)13-4-3-10-14-6-15-20-10/h1-2,5-6H,3-4H2,(H,13,16)(H,17,18). The van der Waals surface area contributed by atoms with Crippen LogP contribution in [0.1, 0.15) is 16.2 Å². The lowest BCUT2D eigenvalue weighted by molar-refractivity contribution is 0.0697. The van der Waals surface area contributed by atoms with E-state index in [1.807, 2.05) is 0 Å². The fraction of sp³-hybridized carbons (Fsp3) is 0.167. The molecule has 3 rings (SSSR count). The maximum Gasteiger partial charge on any atom is 0.335 e. The first kappa shape index (κ1) is 12.2. The van der Waals surface area contributed by atoms with Gasteiger partial charge in [0.15, 0.2) is 11.9 Å². The number of oxazole rings is 1. The number of hydrogen-bond acceptors (Lipinski definition) is 7. The van der Waals surface area contributed by atoms with Gasteiger partial charge in [0, 0.05) is 13.0 Å². The molecule has 102 valence electrons. The van der Waals surface area contributed by atoms with Crippen molar-refractivity contribution in [3.63, 3.8) is 0 Å². The van der Waals surface area contributed by atoms with Gasteiger partial charge in [-0.05, 0) is 18.2 Å². The molecule has 2 N–H and O–H groups in total. The van der Waals surface area contributed by atoms with E-state index in [9.17, 15) is 4.79 Å². The van der Waals surface area contributed by atoms with Gasteiger partial charge in [-0.25, -0.2) is 4.79 Å². The summed E-state index contributed by atoms with van der Waals surface area (Å²) in [6.07, 6.45) is 1.88. The van der Waals surface area contributed by atoms with Gasteiger partial charge in [-0.15, -0.1) is 0 Å². The quantitative estimate of drug-likeness (QED) is 0.720. The normalized spacial score (nSPS) is 10.8. The Hall–Kier alpha value is -2.90. The van der Waals surface area contributed by atoms with Crippen LogP contribution in [0, 0.1) is 0 Å². The number of aromatic nitrogens is 3. The third kappa shape index (κ3) is 2.44. The molecule has 0 spiro atoms. The van der Waals surface area contributed by atoms with Crippen molar-refractivity contribution in [3.05, 3.63) is 36.0 Å². The molecule has 0 aliphatic heterocycles. The van der Waals surface area contributed by atoms with E-state index in [1.54, 1.807) is 6.07 Å². The summed E-state index contributed by atoms with van der Waals surface area (Å²) in [5.41, 5.74) is 1.17. The zero-order valence-corrected chi connectivity index (χ0v) is 10.2. The summed E-state index contributed by atoms with van der Waals surface area (Å²) in [5, 5.41) is 15.4. The second kappa shape index (κ2) is 5.00. The Balaban J connectivity index is 1.70. The SMILES string of the molecule is O=C(O)c1ccc2nc(NCCc3ncno3)oc2c1. The molecule has 8 heteroatoms. The number of fused-ring (bicyclic) bond motifs is 1. The molecule has 3 aromatic rings. The predicted molar refractivity (Wildman–Crippen MR) is 67.5 cm³/mol. The summed E-state index contributed by atoms with van der Waals surface area (Å²) >= 11 is 0. The lowest BCUT2D eigenvalue weighted by Gasteiger charge is -1.96. The Bertz CT molecular complexity index is 735. The van der Waals surface area contributed by atoms with Crippen LogP contribution in [0.4, 0.5) is 6.01 Å². The molecule has 0 bridgehead atoms. The zero-order chi connectivity index (χ0) is 13.9. The first-order valence-electron chi connectivity index (χ1n) is 5.86. The van der Waals surface area contributed by atoms with Crippen molar-refractivity contribution in [2.45, 2.75) is 6.42 Å². The van der Waals surface area contributed by atoms with Gasteiger partial charge >= 0.3 is 5.97 Å². The number of carboxylic acids is 1. The summed E-state index contributed by atoms with van der Waals surface area (Å²) in [6.45, 7) is 0.515. The minimum atomic E-state index is -1.01. The number of nitrogens with one attached hydrogen (secondary N) is 1. The number of aromatic carboxylic acids is 1. The van der Waals surface area contributed by atoms with Gasteiger partial charge in [0.1, 0.15) is 5.52 Å². The molecule has 2 heterocycles. The molecule has 0 unspecified atom stereocenters. The molecule has 0 saturated heterocycles. The lowest BCUT2D eigenvalue weighted by Crippen LogP contribution is -2.04. The molecule has 1 aromatic carbocycles. The summed E-state index contributed by atoms with van der Waals surface area (Å²) in [6, 6.07) is 4.84. The van der Waals surface area contributed by atoms with Crippen molar-refractivity contribution >= 4 is 23.1 Å². The van der Waals surface area contributed by atoms with Crippen LogP contribution in [0.3, 0.4) is 0 Å². The predicted octanol–water partition coefficient (Wildman–Crippen LogP) is 1.56. The van der Waals surface area contributed by atoms with Gasteiger partial charge in [0.25, 0.3) is 6.01 Å². The highest BCUT2D eigenvalue weighted by molar-refractivity contribution is 5.92. The van der Waals surface area contributed by atoms with Crippen LogP contribution < -0.4 is 5.32 Å². The topological polar surface area (TPSA) is 114 Å². The lowest BCUT2D eigenvalue weighted by atomic mass is 10.2. The average molecular weight is 274 g/mol. The summed E-state index contributed by atoms with van der Waals surface area (Å²) in [4.78, 5) is 18.9. The van der Waals surface area contributed by atoms with Gasteiger partial charge in [-0.2, -0.15) is 9.97 Å². The number of rotatable bonds is 5. The Kier molecular flexibility index (Phi) is 3.04. The third-order valence-corrected chi connectivity index (χ3v) is 2.66. The van der Waals surface area contributed by atoms with Gasteiger partial charge in [0.05, 0.1) is 5.56 Å². The van der Waals surface area contributed by atoms with Crippen LogP contribution in [0.5, 0.6) is 0 Å². The average Bonchev–Trinajstić information content (AvgIpc) is 3.06. The summed E-state index contributed by atoms with van der Waals surface area (Å²) in [5.74, 6) is -0.490. The van der Waals surface area contributed by atoms with Gasteiger partial charge in [-0.3, -0.25) is 0 Å². The third-order valence-electron chi connectivity index (χ3n) is 2.66. The molecule has 0 atom stereocenters. The minimum absolute atomic E-state index is 0.158. The van der Waals surface area contributed by atoms with E-state index in [2.05, 4.69) is 20.4 Å². The molecule has 0 amide bonds. The van der Waals surface area contributed by atoms with Crippen molar-refractivity contribution in [3.8, 4) is 0 Å². The van der Waals surface area contributed by atoms with Crippen LogP contribution in [0.2, 0.25) is 0 Å². The number of hydrogen-bond donors (Lipinski definition) is 2. The smallest absolute Gasteiger partial charge is 0.335 e. The highest BCUT2D eigenvalue weighted by atomic mass is 16.5. The van der Waals surface area contributed by atoms with E-state index >= 15 is 0 Å². The Labute approximate surface area is 112 Å². The van der Waals surface area contributed by atoms with Crippen LogP contribution >= 0.6 is 0 Å². The zero-order valence-electron chi connectivity index (χ0n) is 10.2. The minimum Gasteiger partial charge on any atom is -0.478 e. The molecule has 0 radical (unpaired) electrons. The van der Waals surface area contributed by atoms with Crippen molar-refractivity contribution in [2.75, 3.05) is 11.9 Å². The highest BCUT2D eigenvalue weighted by Crippen LogP contribution is 2.20. The number of anilines is 1. The Morgan fingerprint density at radius 1 is 1.40 bits per heavy atom. The summed E-state index contributed by atoms with van der Waals surface area (Å²) in [7, 11) is 0. The number of carboxylic acid groups (broad SMARTS) is 1. The van der Waals surface area contributed by atoms with Gasteiger partial charge in [0.2, 0.25) is 5.89 Å². The van der Waals surface area contributed by atoms with Crippen LogP contribution in [-0.2, 0) is 6.42 Å². The van der Waals surface area contributed by atoms with Crippen LogP contribution in [0.25, 0.3) is 11.1 Å². The first-order chi connectivity index (χ1) is 9.72. The largest absolute Gasteiger partial charge is 0.478 e. The fourth-order valence-corrected chi connectivity index (χ4v) is 1.72. The second-order valence-electron chi connectivity index (χ2n) is 4.02. The van der Waals surface area contributed by atoms with E-state index in [4.69, 9.17) is 14.0 Å².